The van der Waals surface area contributed by atoms with Gasteiger partial charge in [0.25, 0.3) is 5.56 Å². The van der Waals surface area contributed by atoms with E-state index in [4.69, 9.17) is 19.4 Å². The standard InChI is InChI=1S/C9H16N3O13P3/c13-5-3-8(12-2-1-7(14)10-9(12)15)24-6(5)4-23-26(16,17)11-27(18,19)25-28(20,21)22/h1-2,5-6,8,13H,3-4H2,(H,10,14,15)(H2,20,21,22)(H3,11,16,17,18,19)/t5-,6+,8-/m1/s1. The van der Waals surface area contributed by atoms with E-state index in [1.807, 2.05) is 4.98 Å². The van der Waals surface area contributed by atoms with Crippen LogP contribution in [0, 0.1) is 0 Å². The summed E-state index contributed by atoms with van der Waals surface area (Å²) in [6, 6.07) is 1.03. The molecule has 5 atom stereocenters. The van der Waals surface area contributed by atoms with E-state index in [1.54, 1.807) is 0 Å². The van der Waals surface area contributed by atoms with Crippen LogP contribution in [0.5, 0.6) is 0 Å². The molecule has 28 heavy (non-hydrogen) atoms. The van der Waals surface area contributed by atoms with Gasteiger partial charge in [0.15, 0.2) is 0 Å². The number of aromatic amines is 1. The van der Waals surface area contributed by atoms with Crippen LogP contribution in [0.15, 0.2) is 21.9 Å². The fourth-order valence-electron chi connectivity index (χ4n) is 2.22. The lowest BCUT2D eigenvalue weighted by Crippen LogP contribution is -2.31. The van der Waals surface area contributed by atoms with Crippen molar-refractivity contribution in [3.63, 3.8) is 0 Å². The lowest BCUT2D eigenvalue weighted by molar-refractivity contribution is -0.0426. The minimum Gasteiger partial charge on any atom is -0.390 e. The molecule has 1 saturated heterocycles. The summed E-state index contributed by atoms with van der Waals surface area (Å²) in [6.45, 7) is -0.813. The first kappa shape index (κ1) is 23.3. The van der Waals surface area contributed by atoms with Crippen LogP contribution in [0.1, 0.15) is 12.6 Å². The van der Waals surface area contributed by atoms with E-state index in [0.29, 0.717) is 0 Å². The van der Waals surface area contributed by atoms with Crippen molar-refractivity contribution in [3.8, 4) is 0 Å². The number of hydrogen-bond donors (Lipinski definition) is 7. The van der Waals surface area contributed by atoms with E-state index in [2.05, 4.69) is 8.83 Å². The summed E-state index contributed by atoms with van der Waals surface area (Å²) in [4.78, 5) is 61.3. The van der Waals surface area contributed by atoms with Crippen LogP contribution in [0.4, 0.5) is 0 Å². The van der Waals surface area contributed by atoms with Gasteiger partial charge in [-0.25, -0.2) is 18.5 Å². The van der Waals surface area contributed by atoms with Crippen molar-refractivity contribution in [1.29, 1.82) is 0 Å². The summed E-state index contributed by atoms with van der Waals surface area (Å²) in [7, 11) is -16.0. The van der Waals surface area contributed by atoms with Gasteiger partial charge < -0.3 is 29.4 Å². The van der Waals surface area contributed by atoms with Crippen LogP contribution in [0.3, 0.4) is 0 Å². The zero-order chi connectivity index (χ0) is 21.3. The Kier molecular flexibility index (Phi) is 6.99. The van der Waals surface area contributed by atoms with E-state index < -0.39 is 59.6 Å². The number of ether oxygens (including phenoxy) is 1. The monoisotopic (exact) mass is 467 g/mol. The molecule has 0 spiro atoms. The van der Waals surface area contributed by atoms with Crippen molar-refractivity contribution in [2.24, 2.45) is 0 Å². The van der Waals surface area contributed by atoms with Crippen LogP contribution >= 0.6 is 23.3 Å². The quantitative estimate of drug-likeness (QED) is 0.206. The van der Waals surface area contributed by atoms with Gasteiger partial charge in [-0.3, -0.25) is 18.9 Å². The topological polar surface area (TPSA) is 247 Å². The second-order valence-corrected chi connectivity index (χ2v) is 10.2. The number of aliphatic hydroxyl groups excluding tert-OH is 1. The summed E-state index contributed by atoms with van der Waals surface area (Å²) in [5.74, 6) is 0. The minimum atomic E-state index is -5.46. The van der Waals surface area contributed by atoms with Gasteiger partial charge in [-0.15, -0.1) is 4.86 Å². The normalized spacial score (nSPS) is 27.2. The Morgan fingerprint density at radius 1 is 1.21 bits per heavy atom. The van der Waals surface area contributed by atoms with E-state index >= 15 is 0 Å². The molecule has 1 fully saturated rings. The second kappa shape index (κ2) is 8.40. The third kappa shape index (κ3) is 6.81. The van der Waals surface area contributed by atoms with Crippen molar-refractivity contribution in [1.82, 2.24) is 14.4 Å². The average Bonchev–Trinajstić information content (AvgIpc) is 2.82. The van der Waals surface area contributed by atoms with E-state index in [-0.39, 0.29) is 6.42 Å². The lowest BCUT2D eigenvalue weighted by Gasteiger charge is -2.20. The Morgan fingerprint density at radius 2 is 1.86 bits per heavy atom. The fraction of sp³-hybridized carbons (Fsp3) is 0.556. The fourth-order valence-corrected chi connectivity index (χ4v) is 5.70. The Labute approximate surface area is 155 Å². The average molecular weight is 467 g/mol. The van der Waals surface area contributed by atoms with Crippen LogP contribution in [-0.2, 0) is 27.3 Å². The minimum absolute atomic E-state index is 0.150. The number of hydrogen-bond acceptors (Lipinski definition) is 9. The van der Waals surface area contributed by atoms with Crippen LogP contribution in [0.25, 0.3) is 0 Å². The SMILES string of the molecule is O=c1ccn([C@H]2C[C@@H](O)[C@H](COP(=O)(O)NP(=O)(O)OP(=O)(O)O)O2)c(=O)[nH]1. The molecular weight excluding hydrogens is 451 g/mol. The molecule has 2 unspecified atom stereocenters. The molecule has 19 heteroatoms. The van der Waals surface area contributed by atoms with Gasteiger partial charge >= 0.3 is 29.0 Å². The van der Waals surface area contributed by atoms with Crippen molar-refractivity contribution >= 4 is 23.3 Å². The smallest absolute Gasteiger partial charge is 0.390 e. The molecule has 1 aliphatic heterocycles. The number of nitrogens with one attached hydrogen (secondary N) is 2. The third-order valence-corrected chi connectivity index (χ3v) is 7.51. The molecule has 0 amide bonds. The molecule has 0 aliphatic carbocycles. The van der Waals surface area contributed by atoms with Crippen LogP contribution in [0.2, 0.25) is 0 Å². The molecule has 0 bridgehead atoms. The Bertz CT molecular complexity index is 968. The summed E-state index contributed by atoms with van der Waals surface area (Å²) < 4.78 is 47.9. The number of rotatable bonds is 8. The molecule has 0 aromatic carbocycles. The largest absolute Gasteiger partial charge is 0.477 e. The highest BCUT2D eigenvalue weighted by atomic mass is 31.3. The number of phosphoric acid groups is 1. The maximum absolute atomic E-state index is 11.7. The summed E-state index contributed by atoms with van der Waals surface area (Å²) in [6.07, 6.45) is -2.62. The zero-order valence-corrected chi connectivity index (χ0v) is 16.3. The number of nitrogens with zero attached hydrogens (tertiary/aromatic N) is 1. The molecule has 2 rings (SSSR count). The highest BCUT2D eigenvalue weighted by molar-refractivity contribution is 7.70. The van der Waals surface area contributed by atoms with E-state index in [1.165, 1.54) is 0 Å². The highest BCUT2D eigenvalue weighted by Crippen LogP contribution is 2.60. The van der Waals surface area contributed by atoms with Gasteiger partial charge in [-0.1, -0.05) is 0 Å². The van der Waals surface area contributed by atoms with Gasteiger partial charge in [0.2, 0.25) is 0 Å². The van der Waals surface area contributed by atoms with Crippen LogP contribution in [-0.4, -0.2) is 53.0 Å². The van der Waals surface area contributed by atoms with E-state index in [9.17, 15) is 33.3 Å². The van der Waals surface area contributed by atoms with Crippen molar-refractivity contribution < 1.29 is 51.9 Å². The van der Waals surface area contributed by atoms with Gasteiger partial charge in [-0.2, -0.15) is 4.31 Å². The van der Waals surface area contributed by atoms with Crippen molar-refractivity contribution in [2.75, 3.05) is 6.61 Å². The summed E-state index contributed by atoms with van der Waals surface area (Å²) in [5, 5.41) is 9.93. The van der Waals surface area contributed by atoms with Crippen LogP contribution < -0.4 is 16.1 Å². The number of H-pyrrole nitrogens is 1. The summed E-state index contributed by atoms with van der Waals surface area (Å²) in [5.41, 5.74) is -1.48. The maximum atomic E-state index is 11.7. The van der Waals surface area contributed by atoms with Crippen molar-refractivity contribution in [3.05, 3.63) is 33.1 Å². The predicted octanol–water partition coefficient (Wildman–Crippen LogP) is -1.90. The predicted molar refractivity (Wildman–Crippen MR) is 87.7 cm³/mol. The molecule has 0 saturated carbocycles. The van der Waals surface area contributed by atoms with Gasteiger partial charge in [0.1, 0.15) is 12.3 Å². The molecule has 2 heterocycles. The Balaban J connectivity index is 1.99. The molecule has 1 aromatic heterocycles. The first-order chi connectivity index (χ1) is 12.7. The van der Waals surface area contributed by atoms with Gasteiger partial charge in [-0.05, 0) is 0 Å². The molecule has 160 valence electrons. The summed E-state index contributed by atoms with van der Waals surface area (Å²) >= 11 is 0. The first-order valence-electron chi connectivity index (χ1n) is 7.19. The first-order valence-corrected chi connectivity index (χ1v) is 11.9. The lowest BCUT2D eigenvalue weighted by atomic mass is 10.2. The second-order valence-electron chi connectivity index (χ2n) is 5.46. The van der Waals surface area contributed by atoms with Crippen molar-refractivity contribution in [2.45, 2.75) is 24.9 Å². The molecule has 1 aromatic rings. The highest BCUT2D eigenvalue weighted by Gasteiger charge is 2.41. The van der Waals surface area contributed by atoms with E-state index in [0.717, 1.165) is 21.7 Å². The van der Waals surface area contributed by atoms with Gasteiger partial charge in [0, 0.05) is 18.7 Å². The van der Waals surface area contributed by atoms with Gasteiger partial charge in [0.05, 0.1) is 12.7 Å². The Hall–Kier alpha value is -0.990. The number of aliphatic hydroxyl groups is 1. The zero-order valence-electron chi connectivity index (χ0n) is 13.6. The Morgan fingerprint density at radius 3 is 2.43 bits per heavy atom. The molecule has 7 N–H and O–H groups in total. The third-order valence-electron chi connectivity index (χ3n) is 3.25. The maximum Gasteiger partial charge on any atom is 0.477 e. The molecule has 1 aliphatic rings. The molecule has 0 radical (unpaired) electrons. The molecular formula is C9H16N3O13P3. The number of aromatic nitrogens is 2. The molecule has 16 nitrogen and oxygen atoms in total.